The first-order valence-electron chi connectivity index (χ1n) is 7.64. The van der Waals surface area contributed by atoms with Crippen molar-refractivity contribution < 1.29 is 4.79 Å². The summed E-state index contributed by atoms with van der Waals surface area (Å²) in [6.45, 7) is 14.1. The minimum atomic E-state index is -0.368. The maximum atomic E-state index is 12.3. The van der Waals surface area contributed by atoms with E-state index in [0.717, 1.165) is 25.8 Å². The molecule has 0 aromatic heterocycles. The number of aliphatic imine (C=N–C) groups is 1. The molecular formula is C16H29N3O. The van der Waals surface area contributed by atoms with Crippen LogP contribution in [0.5, 0.6) is 0 Å². The van der Waals surface area contributed by atoms with E-state index < -0.39 is 0 Å². The van der Waals surface area contributed by atoms with Crippen molar-refractivity contribution >= 4 is 11.9 Å². The first-order chi connectivity index (χ1) is 8.97. The fourth-order valence-electron chi connectivity index (χ4n) is 4.65. The van der Waals surface area contributed by atoms with Gasteiger partial charge in [0, 0.05) is 6.54 Å². The average molecular weight is 279 g/mol. The van der Waals surface area contributed by atoms with Gasteiger partial charge < -0.3 is 10.6 Å². The Bertz CT molecular complexity index is 433. The Morgan fingerprint density at radius 3 is 2.10 bits per heavy atom. The maximum Gasteiger partial charge on any atom is 0.346 e. The van der Waals surface area contributed by atoms with Gasteiger partial charge in [-0.05, 0) is 36.0 Å². The van der Waals surface area contributed by atoms with Crippen molar-refractivity contribution in [2.75, 3.05) is 6.54 Å². The lowest BCUT2D eigenvalue weighted by atomic mass is 9.57. The van der Waals surface area contributed by atoms with Crippen molar-refractivity contribution in [3.8, 4) is 0 Å². The van der Waals surface area contributed by atoms with Crippen LogP contribution in [0.15, 0.2) is 4.99 Å². The third-order valence-electron chi connectivity index (χ3n) is 4.49. The van der Waals surface area contributed by atoms with E-state index in [4.69, 9.17) is 5.73 Å². The monoisotopic (exact) mass is 279 g/mol. The molecule has 2 aliphatic rings. The minimum Gasteiger partial charge on any atom is -0.385 e. The van der Waals surface area contributed by atoms with Crippen molar-refractivity contribution in [1.29, 1.82) is 0 Å². The SMILES string of the molecule is CC(C)CN1C(=O)N=C(N)C12CC(C)(C)CC(C)(C)C2. The fraction of sp³-hybridized carbons (Fsp3) is 0.875. The third-order valence-corrected chi connectivity index (χ3v) is 4.49. The van der Waals surface area contributed by atoms with E-state index in [1.54, 1.807) is 0 Å². The van der Waals surface area contributed by atoms with Gasteiger partial charge in [-0.3, -0.25) is 0 Å². The van der Waals surface area contributed by atoms with Crippen molar-refractivity contribution in [2.45, 2.75) is 66.3 Å². The lowest BCUT2D eigenvalue weighted by Crippen LogP contribution is -2.61. The Labute approximate surface area is 122 Å². The third kappa shape index (κ3) is 2.57. The van der Waals surface area contributed by atoms with E-state index >= 15 is 0 Å². The van der Waals surface area contributed by atoms with Crippen LogP contribution in [0.3, 0.4) is 0 Å². The highest BCUT2D eigenvalue weighted by Crippen LogP contribution is 2.53. The summed E-state index contributed by atoms with van der Waals surface area (Å²) in [5, 5.41) is 0. The predicted molar refractivity (Wildman–Crippen MR) is 82.7 cm³/mol. The first-order valence-corrected chi connectivity index (χ1v) is 7.64. The maximum absolute atomic E-state index is 12.3. The quantitative estimate of drug-likeness (QED) is 0.842. The molecule has 0 radical (unpaired) electrons. The summed E-state index contributed by atoms with van der Waals surface area (Å²) < 4.78 is 0. The average Bonchev–Trinajstić information content (AvgIpc) is 2.37. The van der Waals surface area contributed by atoms with Crippen LogP contribution in [0, 0.1) is 16.7 Å². The van der Waals surface area contributed by atoms with Gasteiger partial charge in [-0.25, -0.2) is 4.79 Å². The molecule has 2 amide bonds. The summed E-state index contributed by atoms with van der Waals surface area (Å²) >= 11 is 0. The lowest BCUT2D eigenvalue weighted by molar-refractivity contribution is 0.0124. The molecule has 1 aliphatic carbocycles. The van der Waals surface area contributed by atoms with E-state index in [-0.39, 0.29) is 22.4 Å². The predicted octanol–water partition coefficient (Wildman–Crippen LogP) is 3.41. The highest BCUT2D eigenvalue weighted by atomic mass is 16.2. The van der Waals surface area contributed by atoms with Gasteiger partial charge in [0.05, 0.1) is 0 Å². The summed E-state index contributed by atoms with van der Waals surface area (Å²) in [4.78, 5) is 18.3. The van der Waals surface area contributed by atoms with Gasteiger partial charge in [0.15, 0.2) is 0 Å². The number of hydrogen-bond acceptors (Lipinski definition) is 2. The van der Waals surface area contributed by atoms with Crippen LogP contribution >= 0.6 is 0 Å². The van der Waals surface area contributed by atoms with Crippen LogP contribution in [0.25, 0.3) is 0 Å². The van der Waals surface area contributed by atoms with E-state index in [2.05, 4.69) is 46.5 Å². The second kappa shape index (κ2) is 4.47. The molecule has 0 saturated heterocycles. The van der Waals surface area contributed by atoms with E-state index in [9.17, 15) is 4.79 Å². The van der Waals surface area contributed by atoms with Crippen LogP contribution in [0.4, 0.5) is 4.79 Å². The van der Waals surface area contributed by atoms with Gasteiger partial charge in [0.1, 0.15) is 11.4 Å². The number of nitrogens with zero attached hydrogens (tertiary/aromatic N) is 2. The van der Waals surface area contributed by atoms with Gasteiger partial charge in [-0.1, -0.05) is 41.5 Å². The summed E-state index contributed by atoms with van der Waals surface area (Å²) in [5.41, 5.74) is 6.20. The number of carbonyl (C=O) groups excluding carboxylic acids is 1. The number of amides is 2. The summed E-state index contributed by atoms with van der Waals surface area (Å²) in [5.74, 6) is 0.953. The van der Waals surface area contributed by atoms with Crippen LogP contribution < -0.4 is 5.73 Å². The molecule has 4 heteroatoms. The molecule has 2 rings (SSSR count). The molecule has 1 aliphatic heterocycles. The van der Waals surface area contributed by atoms with Gasteiger partial charge in [-0.15, -0.1) is 0 Å². The molecule has 114 valence electrons. The molecule has 0 aromatic carbocycles. The first kappa shape index (κ1) is 15.3. The molecule has 0 bridgehead atoms. The molecule has 20 heavy (non-hydrogen) atoms. The molecule has 4 nitrogen and oxygen atoms in total. The van der Waals surface area contributed by atoms with Crippen LogP contribution in [-0.4, -0.2) is 28.9 Å². The summed E-state index contributed by atoms with van der Waals surface area (Å²) in [6, 6.07) is -0.148. The standard InChI is InChI=1S/C16H29N3O/c1-11(2)7-19-13(20)18-12(17)16(19)9-14(3,4)8-15(5,6)10-16/h11H,7-10H2,1-6H3,(H2,17,18,20). The second-order valence-electron chi connectivity index (χ2n) is 8.67. The minimum absolute atomic E-state index is 0.148. The molecule has 2 N–H and O–H groups in total. The zero-order valence-electron chi connectivity index (χ0n) is 13.8. The largest absolute Gasteiger partial charge is 0.385 e. The molecule has 0 unspecified atom stereocenters. The number of nitrogens with two attached hydrogens (primary N) is 1. The van der Waals surface area contributed by atoms with Gasteiger partial charge in [0.25, 0.3) is 0 Å². The second-order valence-corrected chi connectivity index (χ2v) is 8.67. The van der Waals surface area contributed by atoms with Gasteiger partial charge in [-0.2, -0.15) is 4.99 Å². The zero-order chi connectivity index (χ0) is 15.3. The van der Waals surface area contributed by atoms with Crippen LogP contribution in [0.1, 0.15) is 60.8 Å². The number of carbonyl (C=O) groups is 1. The molecule has 1 heterocycles. The highest BCUT2D eigenvalue weighted by molar-refractivity contribution is 6.06. The topological polar surface area (TPSA) is 58.7 Å². The van der Waals surface area contributed by atoms with E-state index in [1.165, 1.54) is 0 Å². The van der Waals surface area contributed by atoms with Crippen molar-refractivity contribution in [3.63, 3.8) is 0 Å². The summed E-state index contributed by atoms with van der Waals surface area (Å²) in [7, 11) is 0. The number of rotatable bonds is 2. The lowest BCUT2D eigenvalue weighted by Gasteiger charge is -2.53. The smallest absolute Gasteiger partial charge is 0.346 e. The number of amidine groups is 1. The van der Waals surface area contributed by atoms with Crippen molar-refractivity contribution in [2.24, 2.45) is 27.5 Å². The molecule has 0 atom stereocenters. The van der Waals surface area contributed by atoms with Crippen molar-refractivity contribution in [3.05, 3.63) is 0 Å². The Balaban J connectivity index is 2.43. The Morgan fingerprint density at radius 1 is 1.15 bits per heavy atom. The molecule has 1 saturated carbocycles. The van der Waals surface area contributed by atoms with Crippen LogP contribution in [0.2, 0.25) is 0 Å². The highest BCUT2D eigenvalue weighted by Gasteiger charge is 2.56. The molecular weight excluding hydrogens is 250 g/mol. The van der Waals surface area contributed by atoms with E-state index in [1.807, 2.05) is 4.90 Å². The molecule has 0 aromatic rings. The normalized spacial score (nSPS) is 27.2. The fourth-order valence-corrected chi connectivity index (χ4v) is 4.65. The number of hydrogen-bond donors (Lipinski definition) is 1. The Hall–Kier alpha value is -1.06. The Kier molecular flexibility index (Phi) is 3.43. The summed E-state index contributed by atoms with van der Waals surface area (Å²) in [6.07, 6.45) is 2.98. The number of urea groups is 1. The van der Waals surface area contributed by atoms with Gasteiger partial charge >= 0.3 is 6.03 Å². The van der Waals surface area contributed by atoms with Crippen molar-refractivity contribution in [1.82, 2.24) is 4.90 Å². The molecule has 1 spiro atoms. The Morgan fingerprint density at radius 2 is 1.65 bits per heavy atom. The zero-order valence-corrected chi connectivity index (χ0v) is 13.8. The van der Waals surface area contributed by atoms with Crippen LogP contribution in [-0.2, 0) is 0 Å². The van der Waals surface area contributed by atoms with Gasteiger partial charge in [0.2, 0.25) is 0 Å². The molecule has 1 fully saturated rings. The van der Waals surface area contributed by atoms with E-state index in [0.29, 0.717) is 11.8 Å².